The van der Waals surface area contributed by atoms with Gasteiger partial charge in [-0.2, -0.15) is 0 Å². The minimum absolute atomic E-state index is 0.00702. The molecular weight excluding hydrogens is 452 g/mol. The first-order chi connectivity index (χ1) is 17.4. The number of rotatable bonds is 7. The number of nitrogens with zero attached hydrogens (tertiary/aromatic N) is 2. The van der Waals surface area contributed by atoms with E-state index in [1.54, 1.807) is 7.11 Å². The summed E-state index contributed by atoms with van der Waals surface area (Å²) in [7, 11) is 3.59. The number of likely N-dealkylation sites (tertiary alicyclic amines) is 1. The summed E-state index contributed by atoms with van der Waals surface area (Å²) in [4.78, 5) is 30.2. The Balaban J connectivity index is 1.52. The zero-order chi connectivity index (χ0) is 25.3. The lowest BCUT2D eigenvalue weighted by atomic mass is 9.56. The quantitative estimate of drug-likeness (QED) is 0.534. The fraction of sp³-hybridized carbons (Fsp3) is 0.533. The fourth-order valence-electron chi connectivity index (χ4n) is 6.58. The number of ether oxygens (including phenoxy) is 2. The van der Waals surface area contributed by atoms with E-state index < -0.39 is 0 Å². The molecule has 1 unspecified atom stereocenters. The van der Waals surface area contributed by atoms with Crippen LogP contribution in [0.2, 0.25) is 0 Å². The number of esters is 1. The molecule has 0 aromatic heterocycles. The summed E-state index contributed by atoms with van der Waals surface area (Å²) < 4.78 is 11.7. The molecule has 2 saturated carbocycles. The molecule has 1 heterocycles. The molecule has 3 fully saturated rings. The number of piperidine rings is 1. The Kier molecular flexibility index (Phi) is 7.07. The molecule has 2 aromatic carbocycles. The summed E-state index contributed by atoms with van der Waals surface area (Å²) >= 11 is 0. The zero-order valence-electron chi connectivity index (χ0n) is 21.7. The first kappa shape index (κ1) is 24.8. The van der Waals surface area contributed by atoms with Crippen molar-refractivity contribution < 1.29 is 19.1 Å². The Labute approximate surface area is 214 Å². The third-order valence-electron chi connectivity index (χ3n) is 8.66. The molecule has 2 aromatic rings. The van der Waals surface area contributed by atoms with Crippen molar-refractivity contribution in [1.29, 1.82) is 0 Å². The van der Waals surface area contributed by atoms with Crippen LogP contribution in [-0.2, 0) is 14.9 Å². The average molecular weight is 491 g/mol. The first-order valence-electron chi connectivity index (χ1n) is 13.3. The SMILES string of the molecule is COc1cccc([C@@]23CCN(CC4CC4)C[C@H]2C(OC(C)=O)C[C@H](N(C)C(=O)c2ccccc2)C3)c1. The van der Waals surface area contributed by atoms with Crippen molar-refractivity contribution in [2.24, 2.45) is 11.8 Å². The van der Waals surface area contributed by atoms with E-state index in [0.29, 0.717) is 12.0 Å². The van der Waals surface area contributed by atoms with Gasteiger partial charge in [0.25, 0.3) is 5.91 Å². The van der Waals surface area contributed by atoms with Gasteiger partial charge in [-0.3, -0.25) is 9.59 Å². The minimum atomic E-state index is -0.253. The first-order valence-corrected chi connectivity index (χ1v) is 13.3. The van der Waals surface area contributed by atoms with Gasteiger partial charge in [0.2, 0.25) is 0 Å². The van der Waals surface area contributed by atoms with E-state index in [-0.39, 0.29) is 35.4 Å². The van der Waals surface area contributed by atoms with Gasteiger partial charge < -0.3 is 19.3 Å². The van der Waals surface area contributed by atoms with E-state index in [2.05, 4.69) is 23.1 Å². The molecule has 0 spiro atoms. The molecule has 5 rings (SSSR count). The Morgan fingerprint density at radius 2 is 1.89 bits per heavy atom. The van der Waals surface area contributed by atoms with Gasteiger partial charge in [-0.25, -0.2) is 0 Å². The van der Waals surface area contributed by atoms with E-state index >= 15 is 0 Å². The Morgan fingerprint density at radius 3 is 2.58 bits per heavy atom. The minimum Gasteiger partial charge on any atom is -0.497 e. The Morgan fingerprint density at radius 1 is 1.11 bits per heavy atom. The average Bonchev–Trinajstić information content (AvgIpc) is 3.72. The highest BCUT2D eigenvalue weighted by atomic mass is 16.5. The van der Waals surface area contributed by atoms with Crippen LogP contribution >= 0.6 is 0 Å². The maximum Gasteiger partial charge on any atom is 0.302 e. The van der Waals surface area contributed by atoms with Crippen LogP contribution < -0.4 is 4.74 Å². The number of carbonyl (C=O) groups excluding carboxylic acids is 2. The molecule has 6 heteroatoms. The molecule has 1 aliphatic heterocycles. The number of carbonyl (C=O) groups is 2. The highest BCUT2D eigenvalue weighted by Crippen LogP contribution is 2.52. The highest BCUT2D eigenvalue weighted by molar-refractivity contribution is 5.94. The number of hydrogen-bond acceptors (Lipinski definition) is 5. The second-order valence-electron chi connectivity index (χ2n) is 11.0. The molecule has 2 aliphatic carbocycles. The summed E-state index contributed by atoms with van der Waals surface area (Å²) in [6.07, 6.45) is 4.87. The summed E-state index contributed by atoms with van der Waals surface area (Å²) in [5, 5.41) is 0. The molecule has 3 aliphatic rings. The molecule has 0 N–H and O–H groups in total. The van der Waals surface area contributed by atoms with Gasteiger partial charge in [-0.05, 0) is 68.0 Å². The molecule has 1 amide bonds. The molecule has 192 valence electrons. The van der Waals surface area contributed by atoms with Crippen LogP contribution in [0.5, 0.6) is 5.75 Å². The second-order valence-corrected chi connectivity index (χ2v) is 11.0. The Hall–Kier alpha value is -2.86. The van der Waals surface area contributed by atoms with E-state index in [1.165, 1.54) is 25.3 Å². The van der Waals surface area contributed by atoms with Crippen molar-refractivity contribution in [3.8, 4) is 5.75 Å². The maximum atomic E-state index is 13.4. The fourth-order valence-corrected chi connectivity index (χ4v) is 6.58. The van der Waals surface area contributed by atoms with Crippen molar-refractivity contribution in [2.45, 2.75) is 56.6 Å². The van der Waals surface area contributed by atoms with Gasteiger partial charge in [0.15, 0.2) is 0 Å². The smallest absolute Gasteiger partial charge is 0.302 e. The Bertz CT molecular complexity index is 1090. The second kappa shape index (κ2) is 10.3. The summed E-state index contributed by atoms with van der Waals surface area (Å²) in [5.74, 6) is 1.56. The van der Waals surface area contributed by atoms with Crippen molar-refractivity contribution >= 4 is 11.9 Å². The lowest BCUT2D eigenvalue weighted by Gasteiger charge is -2.56. The van der Waals surface area contributed by atoms with E-state index in [1.807, 2.05) is 48.3 Å². The van der Waals surface area contributed by atoms with Gasteiger partial charge in [-0.15, -0.1) is 0 Å². The number of hydrogen-bond donors (Lipinski definition) is 0. The monoisotopic (exact) mass is 490 g/mol. The lowest BCUT2D eigenvalue weighted by molar-refractivity contribution is -0.158. The maximum absolute atomic E-state index is 13.4. The summed E-state index contributed by atoms with van der Waals surface area (Å²) in [6, 6.07) is 17.8. The number of benzene rings is 2. The number of fused-ring (bicyclic) bond motifs is 1. The van der Waals surface area contributed by atoms with Gasteiger partial charge in [-0.1, -0.05) is 30.3 Å². The van der Waals surface area contributed by atoms with E-state index in [0.717, 1.165) is 44.1 Å². The lowest BCUT2D eigenvalue weighted by Crippen LogP contribution is -2.62. The molecule has 36 heavy (non-hydrogen) atoms. The van der Waals surface area contributed by atoms with Crippen molar-refractivity contribution in [2.75, 3.05) is 33.8 Å². The largest absolute Gasteiger partial charge is 0.497 e. The van der Waals surface area contributed by atoms with Crippen LogP contribution in [0.3, 0.4) is 0 Å². The van der Waals surface area contributed by atoms with Crippen LogP contribution in [0.4, 0.5) is 0 Å². The van der Waals surface area contributed by atoms with Crippen LogP contribution in [0.1, 0.15) is 54.9 Å². The number of amides is 1. The molecule has 0 bridgehead atoms. The van der Waals surface area contributed by atoms with Crippen LogP contribution in [0.25, 0.3) is 0 Å². The van der Waals surface area contributed by atoms with Crippen LogP contribution in [-0.4, -0.2) is 67.6 Å². The highest BCUT2D eigenvalue weighted by Gasteiger charge is 2.54. The predicted molar refractivity (Wildman–Crippen MR) is 139 cm³/mol. The predicted octanol–water partition coefficient (Wildman–Crippen LogP) is 4.53. The molecular formula is C30H38N2O4. The molecule has 6 nitrogen and oxygen atoms in total. The number of methoxy groups -OCH3 is 1. The molecule has 1 saturated heterocycles. The summed E-state index contributed by atoms with van der Waals surface area (Å²) in [6.45, 7) is 4.56. The zero-order valence-corrected chi connectivity index (χ0v) is 21.7. The van der Waals surface area contributed by atoms with E-state index in [4.69, 9.17) is 9.47 Å². The standard InChI is InChI=1S/C30H38N2O4/c1-21(33)36-28-17-25(31(2)29(34)23-8-5-4-6-9-23)18-30(24-10-7-11-26(16-24)35-3)14-15-32(20-27(28)30)19-22-12-13-22/h4-11,16,22,25,27-28H,12-15,17-20H2,1-3H3/t25-,27-,28?,30-/m0/s1. The van der Waals surface area contributed by atoms with E-state index in [9.17, 15) is 9.59 Å². The third kappa shape index (κ3) is 5.01. The van der Waals surface area contributed by atoms with Crippen LogP contribution in [0.15, 0.2) is 54.6 Å². The third-order valence-corrected chi connectivity index (χ3v) is 8.66. The van der Waals surface area contributed by atoms with Gasteiger partial charge in [0.1, 0.15) is 11.9 Å². The normalized spacial score (nSPS) is 28.1. The topological polar surface area (TPSA) is 59.1 Å². The van der Waals surface area contributed by atoms with Crippen molar-refractivity contribution in [1.82, 2.24) is 9.80 Å². The van der Waals surface area contributed by atoms with Crippen molar-refractivity contribution in [3.05, 3.63) is 65.7 Å². The summed E-state index contributed by atoms with van der Waals surface area (Å²) in [5.41, 5.74) is 1.70. The van der Waals surface area contributed by atoms with Crippen LogP contribution in [0, 0.1) is 11.8 Å². The van der Waals surface area contributed by atoms with Gasteiger partial charge in [0, 0.05) is 56.4 Å². The van der Waals surface area contributed by atoms with Crippen molar-refractivity contribution in [3.63, 3.8) is 0 Å². The molecule has 0 radical (unpaired) electrons. The van der Waals surface area contributed by atoms with Gasteiger partial charge >= 0.3 is 5.97 Å². The van der Waals surface area contributed by atoms with Gasteiger partial charge in [0.05, 0.1) is 7.11 Å². The molecule has 4 atom stereocenters.